The standard InChI is InChI=1S/C18H22Cl2N4O/c1-11-22-15(17(25)24-18(2,3)4)10-16(23-11)21-8-7-12-5-6-13(19)9-14(12)20/h5-6,9-10H,7-8H2,1-4H3,(H,24,25)(H,21,22,23). The molecule has 0 radical (unpaired) electrons. The second-order valence-electron chi connectivity index (χ2n) is 6.80. The van der Waals surface area contributed by atoms with Crippen LogP contribution in [-0.4, -0.2) is 28.0 Å². The smallest absolute Gasteiger partial charge is 0.270 e. The number of rotatable bonds is 5. The Bertz CT molecular complexity index is 772. The highest BCUT2D eigenvalue weighted by atomic mass is 35.5. The summed E-state index contributed by atoms with van der Waals surface area (Å²) in [6, 6.07) is 7.09. The topological polar surface area (TPSA) is 66.9 Å². The summed E-state index contributed by atoms with van der Waals surface area (Å²) < 4.78 is 0. The van der Waals surface area contributed by atoms with Crippen LogP contribution < -0.4 is 10.6 Å². The van der Waals surface area contributed by atoms with Gasteiger partial charge in [0.1, 0.15) is 17.3 Å². The van der Waals surface area contributed by atoms with Crippen molar-refractivity contribution < 1.29 is 4.79 Å². The lowest BCUT2D eigenvalue weighted by atomic mass is 10.1. The van der Waals surface area contributed by atoms with Crippen LogP contribution in [0.4, 0.5) is 5.82 Å². The maximum absolute atomic E-state index is 12.3. The van der Waals surface area contributed by atoms with Crippen molar-refractivity contribution in [3.05, 3.63) is 51.4 Å². The van der Waals surface area contributed by atoms with Crippen LogP contribution in [0.3, 0.4) is 0 Å². The number of halogens is 2. The van der Waals surface area contributed by atoms with Gasteiger partial charge in [0.15, 0.2) is 0 Å². The number of nitrogens with one attached hydrogen (secondary N) is 2. The van der Waals surface area contributed by atoms with Crippen LogP contribution >= 0.6 is 23.2 Å². The molecule has 0 spiro atoms. The molecule has 0 unspecified atom stereocenters. The second-order valence-corrected chi connectivity index (χ2v) is 7.65. The molecular formula is C18H22Cl2N4O. The Labute approximate surface area is 158 Å². The molecule has 0 bridgehead atoms. The highest BCUT2D eigenvalue weighted by Crippen LogP contribution is 2.21. The SMILES string of the molecule is Cc1nc(NCCc2ccc(Cl)cc2Cl)cc(C(=O)NC(C)(C)C)n1. The highest BCUT2D eigenvalue weighted by Gasteiger charge is 2.17. The minimum atomic E-state index is -0.325. The monoisotopic (exact) mass is 380 g/mol. The Hall–Kier alpha value is -1.85. The molecule has 2 aromatic rings. The number of aromatic nitrogens is 2. The molecule has 25 heavy (non-hydrogen) atoms. The van der Waals surface area contributed by atoms with Crippen molar-refractivity contribution in [2.45, 2.75) is 39.7 Å². The van der Waals surface area contributed by atoms with Crippen LogP contribution in [0.5, 0.6) is 0 Å². The van der Waals surface area contributed by atoms with Gasteiger partial charge in [0.2, 0.25) is 0 Å². The number of aryl methyl sites for hydroxylation is 1. The minimum absolute atomic E-state index is 0.221. The summed E-state index contributed by atoms with van der Waals surface area (Å²) in [7, 11) is 0. The van der Waals surface area contributed by atoms with Gasteiger partial charge in [0.05, 0.1) is 0 Å². The Morgan fingerprint density at radius 3 is 2.52 bits per heavy atom. The number of hydrogen-bond acceptors (Lipinski definition) is 4. The second kappa shape index (κ2) is 8.02. The third-order valence-electron chi connectivity index (χ3n) is 3.27. The number of carbonyl (C=O) groups excluding carboxylic acids is 1. The average molecular weight is 381 g/mol. The van der Waals surface area contributed by atoms with Gasteiger partial charge in [0.25, 0.3) is 5.91 Å². The predicted molar refractivity (Wildman–Crippen MR) is 103 cm³/mol. The summed E-state index contributed by atoms with van der Waals surface area (Å²) in [6.45, 7) is 8.16. The van der Waals surface area contributed by atoms with E-state index in [0.717, 1.165) is 5.56 Å². The van der Waals surface area contributed by atoms with Gasteiger partial charge in [0, 0.05) is 28.2 Å². The van der Waals surface area contributed by atoms with E-state index in [1.54, 1.807) is 19.1 Å². The first-order chi connectivity index (χ1) is 11.6. The van der Waals surface area contributed by atoms with E-state index in [9.17, 15) is 4.79 Å². The van der Waals surface area contributed by atoms with Gasteiger partial charge in [-0.1, -0.05) is 29.3 Å². The quantitative estimate of drug-likeness (QED) is 0.812. The molecule has 2 rings (SSSR count). The Balaban J connectivity index is 2.03. The maximum Gasteiger partial charge on any atom is 0.270 e. The van der Waals surface area contributed by atoms with Crippen molar-refractivity contribution in [3.8, 4) is 0 Å². The van der Waals surface area contributed by atoms with E-state index in [-0.39, 0.29) is 11.4 Å². The number of carbonyl (C=O) groups is 1. The first-order valence-corrected chi connectivity index (χ1v) is 8.75. The molecule has 0 saturated carbocycles. The first-order valence-electron chi connectivity index (χ1n) is 8.00. The molecule has 5 nitrogen and oxygen atoms in total. The van der Waals surface area contributed by atoms with E-state index in [2.05, 4.69) is 20.6 Å². The van der Waals surface area contributed by atoms with E-state index in [1.807, 2.05) is 32.9 Å². The number of nitrogens with zero attached hydrogens (tertiary/aromatic N) is 2. The van der Waals surface area contributed by atoms with Crippen LogP contribution in [0.15, 0.2) is 24.3 Å². The molecule has 7 heteroatoms. The van der Waals surface area contributed by atoms with Crippen molar-refractivity contribution >= 4 is 34.9 Å². The molecule has 2 N–H and O–H groups in total. The number of hydrogen-bond donors (Lipinski definition) is 2. The van der Waals surface area contributed by atoms with Crippen LogP contribution in [0, 0.1) is 6.92 Å². The zero-order chi connectivity index (χ0) is 18.6. The summed E-state index contributed by atoms with van der Waals surface area (Å²) >= 11 is 12.1. The molecule has 134 valence electrons. The molecular weight excluding hydrogens is 359 g/mol. The van der Waals surface area contributed by atoms with E-state index >= 15 is 0 Å². The molecule has 0 atom stereocenters. The molecule has 1 aromatic carbocycles. The van der Waals surface area contributed by atoms with Gasteiger partial charge in [-0.25, -0.2) is 9.97 Å². The third-order valence-corrected chi connectivity index (χ3v) is 3.86. The summed E-state index contributed by atoms with van der Waals surface area (Å²) in [5.74, 6) is 0.923. The summed E-state index contributed by atoms with van der Waals surface area (Å²) in [5, 5.41) is 7.36. The van der Waals surface area contributed by atoms with Gasteiger partial charge in [-0.2, -0.15) is 0 Å². The molecule has 1 amide bonds. The average Bonchev–Trinajstić information content (AvgIpc) is 2.47. The van der Waals surface area contributed by atoms with Crippen molar-refractivity contribution in [2.75, 3.05) is 11.9 Å². The fraction of sp³-hybridized carbons (Fsp3) is 0.389. The van der Waals surface area contributed by atoms with Crippen molar-refractivity contribution in [2.24, 2.45) is 0 Å². The fourth-order valence-electron chi connectivity index (χ4n) is 2.23. The summed E-state index contributed by atoms with van der Waals surface area (Å²) in [4.78, 5) is 20.8. The van der Waals surface area contributed by atoms with Crippen molar-refractivity contribution in [3.63, 3.8) is 0 Å². The molecule has 0 aliphatic rings. The Morgan fingerprint density at radius 2 is 1.88 bits per heavy atom. The van der Waals surface area contributed by atoms with Crippen LogP contribution in [0.2, 0.25) is 10.0 Å². The van der Waals surface area contributed by atoms with Gasteiger partial charge in [-0.05, 0) is 51.8 Å². The lowest BCUT2D eigenvalue weighted by molar-refractivity contribution is 0.0914. The van der Waals surface area contributed by atoms with Crippen LogP contribution in [-0.2, 0) is 6.42 Å². The number of amides is 1. The molecule has 1 aromatic heterocycles. The van der Waals surface area contributed by atoms with Crippen molar-refractivity contribution in [1.29, 1.82) is 0 Å². The number of benzene rings is 1. The first kappa shape index (κ1) is 19.5. The van der Waals surface area contributed by atoms with Gasteiger partial charge in [-0.3, -0.25) is 4.79 Å². The normalized spacial score (nSPS) is 11.3. The maximum atomic E-state index is 12.3. The number of anilines is 1. The van der Waals surface area contributed by atoms with E-state index in [1.165, 1.54) is 0 Å². The molecule has 0 aliphatic heterocycles. The molecule has 0 saturated heterocycles. The predicted octanol–water partition coefficient (Wildman–Crippen LogP) is 4.27. The van der Waals surface area contributed by atoms with Crippen LogP contribution in [0.1, 0.15) is 42.6 Å². The van der Waals surface area contributed by atoms with Crippen LogP contribution in [0.25, 0.3) is 0 Å². The van der Waals surface area contributed by atoms with E-state index < -0.39 is 0 Å². The zero-order valence-corrected chi connectivity index (χ0v) is 16.3. The van der Waals surface area contributed by atoms with Crippen molar-refractivity contribution in [1.82, 2.24) is 15.3 Å². The lowest BCUT2D eigenvalue weighted by Gasteiger charge is -2.20. The zero-order valence-electron chi connectivity index (χ0n) is 14.8. The highest BCUT2D eigenvalue weighted by molar-refractivity contribution is 6.35. The third kappa shape index (κ3) is 6.18. The summed E-state index contributed by atoms with van der Waals surface area (Å²) in [5.41, 5.74) is 1.01. The lowest BCUT2D eigenvalue weighted by Crippen LogP contribution is -2.41. The minimum Gasteiger partial charge on any atom is -0.370 e. The summed E-state index contributed by atoms with van der Waals surface area (Å²) in [6.07, 6.45) is 0.711. The van der Waals surface area contributed by atoms with E-state index in [0.29, 0.717) is 40.3 Å². The molecule has 0 fully saturated rings. The Kier molecular flexibility index (Phi) is 6.25. The largest absolute Gasteiger partial charge is 0.370 e. The fourth-order valence-corrected chi connectivity index (χ4v) is 2.73. The van der Waals surface area contributed by atoms with Gasteiger partial charge < -0.3 is 10.6 Å². The molecule has 0 aliphatic carbocycles. The van der Waals surface area contributed by atoms with Gasteiger partial charge in [-0.15, -0.1) is 0 Å². The Morgan fingerprint density at radius 1 is 1.16 bits per heavy atom. The van der Waals surface area contributed by atoms with E-state index in [4.69, 9.17) is 23.2 Å². The van der Waals surface area contributed by atoms with Gasteiger partial charge >= 0.3 is 0 Å². The molecule has 1 heterocycles.